The molecule has 0 bridgehead atoms. The molecule has 1 aliphatic rings. The number of hydrogen-bond donors (Lipinski definition) is 5. The molecule has 11 nitrogen and oxygen atoms in total. The van der Waals surface area contributed by atoms with E-state index in [1.54, 1.807) is 6.92 Å². The zero-order valence-corrected chi connectivity index (χ0v) is 15.2. The quantitative estimate of drug-likeness (QED) is 0.351. The second-order valence-corrected chi connectivity index (χ2v) is 6.83. The van der Waals surface area contributed by atoms with Crippen LogP contribution in [0.2, 0.25) is 0 Å². The smallest absolute Gasteiger partial charge is 0.333 e. The van der Waals surface area contributed by atoms with Crippen molar-refractivity contribution in [1.29, 1.82) is 0 Å². The first-order valence-electron chi connectivity index (χ1n) is 8.39. The molecule has 5 N–H and O–H groups in total. The highest BCUT2D eigenvalue weighted by molar-refractivity contribution is 5.74. The molecule has 1 fully saturated rings. The summed E-state index contributed by atoms with van der Waals surface area (Å²) in [4.78, 5) is 38.2. The Bertz CT molecular complexity index is 800. The van der Waals surface area contributed by atoms with E-state index < -0.39 is 59.9 Å². The van der Waals surface area contributed by atoms with Gasteiger partial charge in [-0.2, -0.15) is 0 Å². The molecule has 2 heterocycles. The van der Waals surface area contributed by atoms with Crippen molar-refractivity contribution in [3.05, 3.63) is 32.6 Å². The predicted molar refractivity (Wildman–Crippen MR) is 90.4 cm³/mol. The third kappa shape index (κ3) is 3.82. The van der Waals surface area contributed by atoms with Crippen LogP contribution in [-0.2, 0) is 19.7 Å². The highest BCUT2D eigenvalue weighted by atomic mass is 16.6. The average molecular weight is 388 g/mol. The maximum absolute atomic E-state index is 12.3. The van der Waals surface area contributed by atoms with E-state index in [9.17, 15) is 34.8 Å². The number of carbonyl (C=O) groups is 1. The van der Waals surface area contributed by atoms with Crippen molar-refractivity contribution < 1.29 is 34.7 Å². The summed E-state index contributed by atoms with van der Waals surface area (Å²) in [5.41, 5.74) is -3.15. The van der Waals surface area contributed by atoms with Crippen LogP contribution >= 0.6 is 0 Å². The molecule has 0 radical (unpaired) electrons. The summed E-state index contributed by atoms with van der Waals surface area (Å²) in [6.07, 6.45) is -5.76. The molecule has 1 saturated heterocycles. The van der Waals surface area contributed by atoms with Gasteiger partial charge in [-0.3, -0.25) is 14.3 Å². The number of carboxylic acids is 1. The summed E-state index contributed by atoms with van der Waals surface area (Å²) < 4.78 is 11.4. The van der Waals surface area contributed by atoms with E-state index in [1.807, 2.05) is 0 Å². The van der Waals surface area contributed by atoms with Gasteiger partial charge in [0.05, 0.1) is 6.61 Å². The normalized spacial score (nSPS) is 26.9. The monoisotopic (exact) mass is 388 g/mol. The highest BCUT2D eigenvalue weighted by Gasteiger charge is 2.45. The maximum Gasteiger partial charge on any atom is 0.333 e. The van der Waals surface area contributed by atoms with Crippen LogP contribution in [0.25, 0.3) is 0 Å². The Hall–Kier alpha value is -2.05. The van der Waals surface area contributed by atoms with Gasteiger partial charge in [-0.15, -0.1) is 0 Å². The van der Waals surface area contributed by atoms with Crippen LogP contribution < -0.4 is 11.2 Å². The van der Waals surface area contributed by atoms with Crippen molar-refractivity contribution in [3.63, 3.8) is 0 Å². The lowest BCUT2D eigenvalue weighted by Crippen LogP contribution is -2.48. The van der Waals surface area contributed by atoms with Crippen molar-refractivity contribution in [2.24, 2.45) is 0 Å². The molecule has 0 spiro atoms. The Morgan fingerprint density at radius 3 is 2.48 bits per heavy atom. The van der Waals surface area contributed by atoms with Gasteiger partial charge in [0.25, 0.3) is 5.56 Å². The molecular formula is C16H24N2O9. The fraction of sp³-hybridized carbons (Fsp3) is 0.688. The van der Waals surface area contributed by atoms with Gasteiger partial charge in [0.2, 0.25) is 0 Å². The third-order valence-electron chi connectivity index (χ3n) is 4.67. The van der Waals surface area contributed by atoms with Crippen molar-refractivity contribution in [2.75, 3.05) is 13.2 Å². The summed E-state index contributed by atoms with van der Waals surface area (Å²) >= 11 is 0. The molecule has 27 heavy (non-hydrogen) atoms. The SMILES string of the molecule is CCOC(C(=O)O)C(C)(C)c1cn([C@@H]2O[C@H](CO)[C@@H](O)[C@H]2O)c(=O)[nH]c1=O. The van der Waals surface area contributed by atoms with Crippen molar-refractivity contribution in [3.8, 4) is 0 Å². The molecule has 1 aromatic heterocycles. The lowest BCUT2D eigenvalue weighted by Gasteiger charge is -2.31. The van der Waals surface area contributed by atoms with Crippen molar-refractivity contribution in [1.82, 2.24) is 9.55 Å². The lowest BCUT2D eigenvalue weighted by molar-refractivity contribution is -0.154. The van der Waals surface area contributed by atoms with Gasteiger partial charge >= 0.3 is 11.7 Å². The van der Waals surface area contributed by atoms with Crippen LogP contribution in [0.5, 0.6) is 0 Å². The third-order valence-corrected chi connectivity index (χ3v) is 4.67. The Morgan fingerprint density at radius 2 is 2.00 bits per heavy atom. The predicted octanol–water partition coefficient (Wildman–Crippen LogP) is -2.08. The van der Waals surface area contributed by atoms with Gasteiger partial charge in [0.1, 0.15) is 18.3 Å². The second-order valence-electron chi connectivity index (χ2n) is 6.83. The fourth-order valence-electron chi connectivity index (χ4n) is 3.14. The van der Waals surface area contributed by atoms with Crippen LogP contribution in [0, 0.1) is 0 Å². The fourth-order valence-corrected chi connectivity index (χ4v) is 3.14. The first-order valence-corrected chi connectivity index (χ1v) is 8.39. The van der Waals surface area contributed by atoms with Crippen LogP contribution in [0.15, 0.2) is 15.8 Å². The van der Waals surface area contributed by atoms with Gasteiger partial charge in [-0.1, -0.05) is 13.8 Å². The lowest BCUT2D eigenvalue weighted by atomic mass is 9.80. The number of carboxylic acid groups (broad SMARTS) is 1. The molecular weight excluding hydrogens is 364 g/mol. The van der Waals surface area contributed by atoms with Crippen LogP contribution in [0.4, 0.5) is 0 Å². The Balaban J connectivity index is 2.55. The molecule has 1 unspecified atom stereocenters. The largest absolute Gasteiger partial charge is 0.479 e. The number of hydrogen-bond acceptors (Lipinski definition) is 8. The van der Waals surface area contributed by atoms with E-state index in [2.05, 4.69) is 4.98 Å². The molecule has 11 heteroatoms. The minimum Gasteiger partial charge on any atom is -0.479 e. The summed E-state index contributed by atoms with van der Waals surface area (Å²) in [5.74, 6) is -1.29. The molecule has 152 valence electrons. The van der Waals surface area contributed by atoms with E-state index in [0.717, 1.165) is 10.8 Å². The van der Waals surface area contributed by atoms with Gasteiger partial charge < -0.3 is 29.9 Å². The number of aliphatic carboxylic acids is 1. The first kappa shape index (κ1) is 21.3. The zero-order valence-electron chi connectivity index (χ0n) is 15.2. The number of aromatic nitrogens is 2. The number of nitrogens with one attached hydrogen (secondary N) is 1. The topological polar surface area (TPSA) is 171 Å². The summed E-state index contributed by atoms with van der Waals surface area (Å²) in [5, 5.41) is 38.6. The Kier molecular flexibility index (Phi) is 6.22. The summed E-state index contributed by atoms with van der Waals surface area (Å²) in [7, 11) is 0. The van der Waals surface area contributed by atoms with Crippen LogP contribution in [0.3, 0.4) is 0 Å². The van der Waals surface area contributed by atoms with E-state index >= 15 is 0 Å². The van der Waals surface area contributed by atoms with Gasteiger partial charge in [0.15, 0.2) is 12.3 Å². The van der Waals surface area contributed by atoms with Gasteiger partial charge in [0, 0.05) is 23.8 Å². The molecule has 5 atom stereocenters. The van der Waals surface area contributed by atoms with Crippen molar-refractivity contribution in [2.45, 2.75) is 56.8 Å². The minimum atomic E-state index is -1.54. The van der Waals surface area contributed by atoms with Crippen LogP contribution in [-0.4, -0.2) is 73.6 Å². The molecule has 1 aromatic rings. The van der Waals surface area contributed by atoms with E-state index in [0.29, 0.717) is 0 Å². The number of aliphatic hydroxyl groups excluding tert-OH is 3. The molecule has 1 aliphatic heterocycles. The number of ether oxygens (including phenoxy) is 2. The van der Waals surface area contributed by atoms with Gasteiger partial charge in [-0.25, -0.2) is 9.59 Å². The number of aromatic amines is 1. The van der Waals surface area contributed by atoms with Gasteiger partial charge in [-0.05, 0) is 6.92 Å². The number of rotatable bonds is 7. The molecule has 0 aromatic carbocycles. The molecule has 0 aliphatic carbocycles. The Labute approximate surface area is 153 Å². The van der Waals surface area contributed by atoms with E-state index in [-0.39, 0.29) is 12.2 Å². The molecule has 2 rings (SSSR count). The summed E-state index contributed by atoms with van der Waals surface area (Å²) in [6.45, 7) is 4.05. The standard InChI is InChI=1S/C16H24N2O9/c1-4-26-11(14(23)24)16(2,3)7-5-18(15(25)17-12(7)22)13-10(21)9(20)8(6-19)27-13/h5,8-11,13,19-21H,4,6H2,1-3H3,(H,23,24)(H,17,22,25)/t8-,9-,10-,11?,13-/m1/s1. The summed E-state index contributed by atoms with van der Waals surface area (Å²) in [6, 6.07) is 0. The first-order chi connectivity index (χ1) is 12.6. The number of aliphatic hydroxyl groups is 3. The number of nitrogens with zero attached hydrogens (tertiary/aromatic N) is 1. The van der Waals surface area contributed by atoms with E-state index in [4.69, 9.17) is 9.47 Å². The minimum absolute atomic E-state index is 0.0827. The highest BCUT2D eigenvalue weighted by Crippen LogP contribution is 2.30. The van der Waals surface area contributed by atoms with Crippen molar-refractivity contribution >= 4 is 5.97 Å². The number of H-pyrrole nitrogens is 1. The molecule has 0 amide bonds. The van der Waals surface area contributed by atoms with E-state index in [1.165, 1.54) is 13.8 Å². The second kappa shape index (κ2) is 7.90. The average Bonchev–Trinajstić information content (AvgIpc) is 2.87. The van der Waals surface area contributed by atoms with Crippen LogP contribution in [0.1, 0.15) is 32.6 Å². The molecule has 0 saturated carbocycles. The zero-order chi connectivity index (χ0) is 20.5. The Morgan fingerprint density at radius 1 is 1.37 bits per heavy atom. The maximum atomic E-state index is 12.3.